The highest BCUT2D eigenvalue weighted by Crippen LogP contribution is 2.30. The Hall–Kier alpha value is -2.80. The van der Waals surface area contributed by atoms with E-state index < -0.39 is 0 Å². The van der Waals surface area contributed by atoms with Crippen molar-refractivity contribution in [1.82, 2.24) is 25.0 Å². The fraction of sp³-hybridized carbons (Fsp3) is 0.429. The minimum atomic E-state index is 0.405. The van der Waals surface area contributed by atoms with Crippen LogP contribution in [0.3, 0.4) is 0 Å². The van der Waals surface area contributed by atoms with E-state index in [4.69, 9.17) is 14.2 Å². The van der Waals surface area contributed by atoms with Gasteiger partial charge in [0.15, 0.2) is 0 Å². The Balaban J connectivity index is 1.44. The van der Waals surface area contributed by atoms with E-state index in [2.05, 4.69) is 32.2 Å². The first kappa shape index (κ1) is 18.6. The smallest absolute Gasteiger partial charge is 0.316 e. The third-order valence-corrected chi connectivity index (χ3v) is 5.30. The normalized spacial score (nSPS) is 17.6. The Morgan fingerprint density at radius 2 is 1.96 bits per heavy atom. The molecular weight excluding hydrogens is 354 g/mol. The Morgan fingerprint density at radius 1 is 1.14 bits per heavy atom. The molecule has 1 aliphatic rings. The van der Waals surface area contributed by atoms with Crippen LogP contribution >= 0.6 is 0 Å². The molecule has 1 atom stereocenters. The van der Waals surface area contributed by atoms with Gasteiger partial charge in [-0.3, -0.25) is 9.88 Å². The topological polar surface area (TPSA) is 77.2 Å². The van der Waals surface area contributed by atoms with Gasteiger partial charge in [0, 0.05) is 60.0 Å². The summed E-state index contributed by atoms with van der Waals surface area (Å²) in [4.78, 5) is 15.6. The molecule has 1 fully saturated rings. The lowest BCUT2D eigenvalue weighted by Gasteiger charge is -2.32. The Kier molecular flexibility index (Phi) is 5.34. The van der Waals surface area contributed by atoms with Gasteiger partial charge in [0.05, 0.1) is 12.8 Å². The number of hydrogen-bond donors (Lipinski definition) is 0. The summed E-state index contributed by atoms with van der Waals surface area (Å²) in [6, 6.07) is 4.68. The van der Waals surface area contributed by atoms with Crippen LogP contribution in [0.1, 0.15) is 41.5 Å². The highest BCUT2D eigenvalue weighted by molar-refractivity contribution is 5.66. The fourth-order valence-corrected chi connectivity index (χ4v) is 3.92. The number of likely N-dealkylation sites (tertiary alicyclic amines) is 1. The van der Waals surface area contributed by atoms with E-state index in [1.807, 2.05) is 32.4 Å². The van der Waals surface area contributed by atoms with Crippen molar-refractivity contribution in [3.8, 4) is 17.1 Å². The van der Waals surface area contributed by atoms with Crippen LogP contribution in [0.2, 0.25) is 0 Å². The standard InChI is InChI=1S/C21H25N5O2/c1-14-20(15(2)28-25-14)17-6-7-19(22-11-17)18-5-4-8-26(13-18)12-16-9-23-21(27-3)24-10-16/h6-7,9-11,18H,4-5,8,12-13H2,1-3H3. The van der Waals surface area contributed by atoms with Gasteiger partial charge in [0.2, 0.25) is 0 Å². The minimum absolute atomic E-state index is 0.405. The molecule has 0 amide bonds. The number of ether oxygens (including phenoxy) is 1. The second-order valence-corrected chi connectivity index (χ2v) is 7.32. The lowest BCUT2D eigenvalue weighted by atomic mass is 9.93. The summed E-state index contributed by atoms with van der Waals surface area (Å²) in [6.45, 7) is 6.81. The number of pyridine rings is 1. The van der Waals surface area contributed by atoms with E-state index in [0.717, 1.165) is 66.3 Å². The summed E-state index contributed by atoms with van der Waals surface area (Å²) in [7, 11) is 1.58. The lowest BCUT2D eigenvalue weighted by Crippen LogP contribution is -2.34. The number of aromatic nitrogens is 4. The third-order valence-electron chi connectivity index (χ3n) is 5.30. The molecule has 3 aromatic heterocycles. The maximum atomic E-state index is 5.28. The van der Waals surface area contributed by atoms with Crippen molar-refractivity contribution in [2.24, 2.45) is 0 Å². The second kappa shape index (κ2) is 8.06. The van der Waals surface area contributed by atoms with Crippen LogP contribution in [0.25, 0.3) is 11.1 Å². The van der Waals surface area contributed by atoms with Gasteiger partial charge in [0.1, 0.15) is 5.76 Å². The van der Waals surface area contributed by atoms with Crippen molar-refractivity contribution in [2.75, 3.05) is 20.2 Å². The van der Waals surface area contributed by atoms with E-state index in [1.165, 1.54) is 0 Å². The molecule has 0 radical (unpaired) electrons. The van der Waals surface area contributed by atoms with Crippen molar-refractivity contribution in [2.45, 2.75) is 39.2 Å². The van der Waals surface area contributed by atoms with Crippen molar-refractivity contribution in [3.05, 3.63) is 53.4 Å². The predicted octanol–water partition coefficient (Wildman–Crippen LogP) is 3.53. The second-order valence-electron chi connectivity index (χ2n) is 7.32. The molecule has 3 aromatic rings. The average Bonchev–Trinajstić information content (AvgIpc) is 3.07. The molecule has 4 rings (SSSR count). The average molecular weight is 379 g/mol. The minimum Gasteiger partial charge on any atom is -0.467 e. The molecule has 28 heavy (non-hydrogen) atoms. The van der Waals surface area contributed by atoms with Gasteiger partial charge < -0.3 is 9.26 Å². The molecule has 7 heteroatoms. The largest absolute Gasteiger partial charge is 0.467 e. The van der Waals surface area contributed by atoms with Crippen LogP contribution in [0.5, 0.6) is 6.01 Å². The maximum absolute atomic E-state index is 5.28. The molecule has 0 spiro atoms. The zero-order chi connectivity index (χ0) is 19.5. The predicted molar refractivity (Wildman–Crippen MR) is 105 cm³/mol. The summed E-state index contributed by atoms with van der Waals surface area (Å²) >= 11 is 0. The van der Waals surface area contributed by atoms with E-state index in [-0.39, 0.29) is 0 Å². The van der Waals surface area contributed by atoms with Crippen LogP contribution in [-0.2, 0) is 6.54 Å². The van der Waals surface area contributed by atoms with E-state index in [0.29, 0.717) is 11.9 Å². The van der Waals surface area contributed by atoms with Crippen molar-refractivity contribution >= 4 is 0 Å². The molecule has 1 saturated heterocycles. The quantitative estimate of drug-likeness (QED) is 0.671. The highest BCUT2D eigenvalue weighted by atomic mass is 16.5. The number of methoxy groups -OCH3 is 1. The van der Waals surface area contributed by atoms with Crippen molar-refractivity contribution < 1.29 is 9.26 Å². The molecule has 0 aromatic carbocycles. The summed E-state index contributed by atoms with van der Waals surface area (Å²) < 4.78 is 10.3. The lowest BCUT2D eigenvalue weighted by molar-refractivity contribution is 0.198. The number of aryl methyl sites for hydroxylation is 2. The molecule has 0 bridgehead atoms. The summed E-state index contributed by atoms with van der Waals surface area (Å²) in [6.07, 6.45) is 7.94. The van der Waals surface area contributed by atoms with E-state index >= 15 is 0 Å². The number of rotatable bonds is 5. The fourth-order valence-electron chi connectivity index (χ4n) is 3.92. The number of nitrogens with zero attached hydrogens (tertiary/aromatic N) is 5. The zero-order valence-corrected chi connectivity index (χ0v) is 16.6. The van der Waals surface area contributed by atoms with Gasteiger partial charge in [-0.05, 0) is 39.3 Å². The SMILES string of the molecule is COc1ncc(CN2CCCC(c3ccc(-c4c(C)noc4C)cn3)C2)cn1. The summed E-state index contributed by atoms with van der Waals surface area (Å²) in [5.41, 5.74) is 5.25. The Bertz CT molecular complexity index is 901. The monoisotopic (exact) mass is 379 g/mol. The van der Waals surface area contributed by atoms with Crippen LogP contribution in [0.4, 0.5) is 0 Å². The first-order chi connectivity index (χ1) is 13.6. The van der Waals surface area contributed by atoms with Crippen LogP contribution in [-0.4, -0.2) is 45.2 Å². The molecule has 4 heterocycles. The third kappa shape index (κ3) is 3.89. The Labute approximate surface area is 164 Å². The molecular formula is C21H25N5O2. The van der Waals surface area contributed by atoms with Gasteiger partial charge >= 0.3 is 6.01 Å². The van der Waals surface area contributed by atoms with Gasteiger partial charge in [-0.2, -0.15) is 0 Å². The van der Waals surface area contributed by atoms with Gasteiger partial charge in [-0.15, -0.1) is 0 Å². The van der Waals surface area contributed by atoms with E-state index in [1.54, 1.807) is 7.11 Å². The zero-order valence-electron chi connectivity index (χ0n) is 16.6. The van der Waals surface area contributed by atoms with Crippen LogP contribution in [0.15, 0.2) is 35.2 Å². The maximum Gasteiger partial charge on any atom is 0.316 e. The van der Waals surface area contributed by atoms with Gasteiger partial charge in [-0.1, -0.05) is 11.2 Å². The number of hydrogen-bond acceptors (Lipinski definition) is 7. The van der Waals surface area contributed by atoms with Gasteiger partial charge in [0.25, 0.3) is 0 Å². The molecule has 1 unspecified atom stereocenters. The summed E-state index contributed by atoms with van der Waals surface area (Å²) in [5, 5.41) is 4.04. The summed E-state index contributed by atoms with van der Waals surface area (Å²) in [5.74, 6) is 1.27. The molecule has 0 N–H and O–H groups in total. The molecule has 7 nitrogen and oxygen atoms in total. The van der Waals surface area contributed by atoms with E-state index in [9.17, 15) is 0 Å². The Morgan fingerprint density at radius 3 is 2.61 bits per heavy atom. The molecule has 0 aliphatic carbocycles. The van der Waals surface area contributed by atoms with Gasteiger partial charge in [-0.25, -0.2) is 9.97 Å². The highest BCUT2D eigenvalue weighted by Gasteiger charge is 2.23. The first-order valence-electron chi connectivity index (χ1n) is 9.60. The van der Waals surface area contributed by atoms with Crippen molar-refractivity contribution in [3.63, 3.8) is 0 Å². The molecule has 0 saturated carbocycles. The van der Waals surface area contributed by atoms with Crippen molar-refractivity contribution in [1.29, 1.82) is 0 Å². The van der Waals surface area contributed by atoms with Crippen LogP contribution < -0.4 is 4.74 Å². The molecule has 1 aliphatic heterocycles. The first-order valence-corrected chi connectivity index (χ1v) is 9.60. The van der Waals surface area contributed by atoms with Crippen LogP contribution in [0, 0.1) is 13.8 Å². The molecule has 146 valence electrons. The number of piperidine rings is 1.